The molecule has 3 aliphatic rings. The minimum Gasteiger partial charge on any atom is -0.393 e. The number of carbonyl (C=O) groups is 2. The van der Waals surface area contributed by atoms with E-state index in [4.69, 9.17) is 4.74 Å². The standard InChI is InChI=1S/C15H12N2O6/c18-7-15-6-5-10(23-15)11-12(15)14(20)16(13(11)19)8-3-1-2-4-9(8)17(21)22/h1-6,10-12,18H,7H2/t10-,11+,12-,15+/m1/s1. The largest absolute Gasteiger partial charge is 0.393 e. The number of amides is 2. The number of nitrogens with zero attached hydrogens (tertiary/aromatic N) is 2. The summed E-state index contributed by atoms with van der Waals surface area (Å²) in [7, 11) is 0. The summed E-state index contributed by atoms with van der Waals surface area (Å²) in [5.41, 5.74) is -1.57. The number of ether oxygens (including phenoxy) is 1. The predicted octanol–water partition coefficient (Wildman–Crippen LogP) is 0.400. The van der Waals surface area contributed by atoms with Gasteiger partial charge in [0.05, 0.1) is 29.5 Å². The minimum absolute atomic E-state index is 0.0469. The number of rotatable bonds is 3. The third-order valence-electron chi connectivity index (χ3n) is 4.72. The van der Waals surface area contributed by atoms with Crippen LogP contribution in [-0.2, 0) is 14.3 Å². The lowest BCUT2D eigenvalue weighted by molar-refractivity contribution is -0.384. The fraction of sp³-hybridized carbons (Fsp3) is 0.333. The van der Waals surface area contributed by atoms with E-state index >= 15 is 0 Å². The number of imide groups is 1. The zero-order chi connectivity index (χ0) is 16.4. The Bertz CT molecular complexity index is 775. The zero-order valence-electron chi connectivity index (χ0n) is 11.8. The number of nitro benzene ring substituents is 1. The van der Waals surface area contributed by atoms with Gasteiger partial charge in [0.1, 0.15) is 11.3 Å². The fourth-order valence-corrected chi connectivity index (χ4v) is 3.73. The zero-order valence-corrected chi connectivity index (χ0v) is 11.8. The fourth-order valence-electron chi connectivity index (χ4n) is 3.73. The van der Waals surface area contributed by atoms with Gasteiger partial charge in [0, 0.05) is 6.07 Å². The number of carbonyl (C=O) groups excluding carboxylic acids is 2. The first-order chi connectivity index (χ1) is 11.0. The van der Waals surface area contributed by atoms with Crippen LogP contribution in [-0.4, -0.2) is 40.2 Å². The van der Waals surface area contributed by atoms with Crippen molar-refractivity contribution in [1.82, 2.24) is 0 Å². The normalized spacial score (nSPS) is 34.3. The number of para-hydroxylation sites is 2. The van der Waals surface area contributed by atoms with E-state index in [-0.39, 0.29) is 11.4 Å². The Balaban J connectivity index is 1.82. The molecule has 2 amide bonds. The maximum absolute atomic E-state index is 12.8. The summed E-state index contributed by atoms with van der Waals surface area (Å²) in [6, 6.07) is 5.62. The molecule has 8 nitrogen and oxygen atoms in total. The van der Waals surface area contributed by atoms with E-state index in [9.17, 15) is 24.8 Å². The summed E-state index contributed by atoms with van der Waals surface area (Å²) in [4.78, 5) is 36.9. The summed E-state index contributed by atoms with van der Waals surface area (Å²) in [6.45, 7) is -0.426. The van der Waals surface area contributed by atoms with Crippen LogP contribution in [0.4, 0.5) is 11.4 Å². The van der Waals surface area contributed by atoms with Crippen molar-refractivity contribution in [2.75, 3.05) is 11.5 Å². The first kappa shape index (κ1) is 14.0. The van der Waals surface area contributed by atoms with Crippen LogP contribution in [0, 0.1) is 22.0 Å². The first-order valence-electron chi connectivity index (χ1n) is 7.09. The topological polar surface area (TPSA) is 110 Å². The summed E-state index contributed by atoms with van der Waals surface area (Å²) in [6.07, 6.45) is 2.68. The third-order valence-corrected chi connectivity index (χ3v) is 4.72. The van der Waals surface area contributed by atoms with Crippen LogP contribution in [0.2, 0.25) is 0 Å². The molecule has 23 heavy (non-hydrogen) atoms. The van der Waals surface area contributed by atoms with Crippen molar-refractivity contribution in [3.63, 3.8) is 0 Å². The van der Waals surface area contributed by atoms with Crippen molar-refractivity contribution in [1.29, 1.82) is 0 Å². The van der Waals surface area contributed by atoms with E-state index in [1.807, 2.05) is 0 Å². The lowest BCUT2D eigenvalue weighted by atomic mass is 9.77. The molecule has 0 unspecified atom stereocenters. The van der Waals surface area contributed by atoms with Gasteiger partial charge < -0.3 is 9.84 Å². The summed E-state index contributed by atoms with van der Waals surface area (Å²) >= 11 is 0. The van der Waals surface area contributed by atoms with Crippen molar-refractivity contribution in [3.8, 4) is 0 Å². The number of aliphatic hydroxyl groups is 1. The SMILES string of the molecule is O=C1[C@H]2[C@H]3C=C[C@@](CO)(O3)[C@H]2C(=O)N1c1ccccc1[N+](=O)[O-]. The molecular formula is C15H12N2O6. The van der Waals surface area contributed by atoms with E-state index in [2.05, 4.69) is 0 Å². The van der Waals surface area contributed by atoms with Crippen LogP contribution >= 0.6 is 0 Å². The summed E-state index contributed by atoms with van der Waals surface area (Å²) in [5.74, 6) is -2.71. The number of nitro groups is 1. The molecule has 0 radical (unpaired) electrons. The van der Waals surface area contributed by atoms with Gasteiger partial charge >= 0.3 is 0 Å². The number of aliphatic hydroxyl groups excluding tert-OH is 1. The van der Waals surface area contributed by atoms with Gasteiger partial charge in [-0.05, 0) is 6.07 Å². The Labute approximate surface area is 130 Å². The van der Waals surface area contributed by atoms with Crippen LogP contribution in [0.25, 0.3) is 0 Å². The van der Waals surface area contributed by atoms with Crippen LogP contribution in [0.15, 0.2) is 36.4 Å². The Morgan fingerprint density at radius 2 is 2.04 bits per heavy atom. The smallest absolute Gasteiger partial charge is 0.293 e. The molecule has 1 N–H and O–H groups in total. The number of hydrogen-bond acceptors (Lipinski definition) is 6. The highest BCUT2D eigenvalue weighted by Crippen LogP contribution is 2.52. The average Bonchev–Trinajstić information content (AvgIpc) is 3.18. The Hall–Kier alpha value is -2.58. The monoisotopic (exact) mass is 316 g/mol. The van der Waals surface area contributed by atoms with Crippen molar-refractivity contribution in [3.05, 3.63) is 46.5 Å². The molecule has 3 heterocycles. The maximum atomic E-state index is 12.8. The van der Waals surface area contributed by atoms with E-state index in [0.717, 1.165) is 4.90 Å². The van der Waals surface area contributed by atoms with Crippen LogP contribution < -0.4 is 4.90 Å². The number of hydrogen-bond donors (Lipinski definition) is 1. The first-order valence-corrected chi connectivity index (χ1v) is 7.09. The molecule has 3 aliphatic heterocycles. The van der Waals surface area contributed by atoms with Crippen LogP contribution in [0.3, 0.4) is 0 Å². The molecule has 0 aliphatic carbocycles. The van der Waals surface area contributed by atoms with Gasteiger partial charge in [-0.25, -0.2) is 4.90 Å². The Kier molecular flexibility index (Phi) is 2.72. The quantitative estimate of drug-likeness (QED) is 0.374. The highest BCUT2D eigenvalue weighted by molar-refractivity contribution is 6.24. The molecule has 0 aromatic heterocycles. The molecule has 4 rings (SSSR count). The minimum atomic E-state index is -1.21. The van der Waals surface area contributed by atoms with Crippen molar-refractivity contribution >= 4 is 23.2 Å². The van der Waals surface area contributed by atoms with Gasteiger partial charge in [-0.15, -0.1) is 0 Å². The molecule has 2 bridgehead atoms. The second-order valence-corrected chi connectivity index (χ2v) is 5.82. The van der Waals surface area contributed by atoms with Crippen LogP contribution in [0.1, 0.15) is 0 Å². The Morgan fingerprint density at radius 1 is 1.30 bits per heavy atom. The van der Waals surface area contributed by atoms with E-state index < -0.39 is 46.9 Å². The maximum Gasteiger partial charge on any atom is 0.293 e. The second-order valence-electron chi connectivity index (χ2n) is 5.82. The third kappa shape index (κ3) is 1.61. The lowest BCUT2D eigenvalue weighted by Crippen LogP contribution is -2.43. The summed E-state index contributed by atoms with van der Waals surface area (Å²) < 4.78 is 5.62. The van der Waals surface area contributed by atoms with E-state index in [0.29, 0.717) is 0 Å². The van der Waals surface area contributed by atoms with Crippen molar-refractivity contribution in [2.45, 2.75) is 11.7 Å². The predicted molar refractivity (Wildman–Crippen MR) is 76.4 cm³/mol. The average molecular weight is 316 g/mol. The van der Waals surface area contributed by atoms with Crippen LogP contribution in [0.5, 0.6) is 0 Å². The van der Waals surface area contributed by atoms with Gasteiger partial charge in [0.2, 0.25) is 11.8 Å². The van der Waals surface area contributed by atoms with E-state index in [1.54, 1.807) is 12.2 Å². The molecule has 0 spiro atoms. The van der Waals surface area contributed by atoms with Gasteiger partial charge in [-0.2, -0.15) is 0 Å². The van der Waals surface area contributed by atoms with Crippen molar-refractivity contribution in [2.24, 2.45) is 11.8 Å². The molecule has 1 aromatic rings. The summed E-state index contributed by atoms with van der Waals surface area (Å²) in [5, 5.41) is 20.8. The molecule has 4 atom stereocenters. The molecule has 1 aromatic carbocycles. The second kappa shape index (κ2) is 4.46. The molecule has 2 fully saturated rings. The molecule has 118 valence electrons. The molecule has 8 heteroatoms. The highest BCUT2D eigenvalue weighted by Gasteiger charge is 2.68. The number of benzene rings is 1. The lowest BCUT2D eigenvalue weighted by Gasteiger charge is -2.26. The van der Waals surface area contributed by atoms with Gasteiger partial charge in [0.25, 0.3) is 5.69 Å². The van der Waals surface area contributed by atoms with E-state index in [1.165, 1.54) is 24.3 Å². The van der Waals surface area contributed by atoms with Crippen molar-refractivity contribution < 1.29 is 24.4 Å². The molecule has 2 saturated heterocycles. The van der Waals surface area contributed by atoms with Gasteiger partial charge in [-0.3, -0.25) is 19.7 Å². The number of fused-ring (bicyclic) bond motifs is 5. The Morgan fingerprint density at radius 3 is 2.74 bits per heavy atom. The molecular weight excluding hydrogens is 304 g/mol. The molecule has 0 saturated carbocycles. The van der Waals surface area contributed by atoms with Gasteiger partial charge in [0.15, 0.2) is 0 Å². The number of anilines is 1. The van der Waals surface area contributed by atoms with Gasteiger partial charge in [-0.1, -0.05) is 24.3 Å². The highest BCUT2D eigenvalue weighted by atomic mass is 16.6.